The lowest BCUT2D eigenvalue weighted by molar-refractivity contribution is -0.137. The molecule has 0 spiro atoms. The number of carbonyl (C=O) groups is 1. The highest BCUT2D eigenvalue weighted by molar-refractivity contribution is 7.13. The standard InChI is InChI=1S/C12H8F3NO2S/c13-12(14,15)9-3-1-2-8(4-9)11-16-10(6-19-11)5-18-7-17/h1-4,6-7H,5H2. The zero-order valence-electron chi connectivity index (χ0n) is 9.48. The number of alkyl halides is 3. The average molecular weight is 287 g/mol. The first kappa shape index (κ1) is 13.5. The van der Waals surface area contributed by atoms with E-state index in [9.17, 15) is 18.0 Å². The molecule has 2 rings (SSSR count). The second-order valence-corrected chi connectivity index (χ2v) is 4.49. The van der Waals surface area contributed by atoms with Crippen molar-refractivity contribution in [3.8, 4) is 10.6 Å². The Hall–Kier alpha value is -1.89. The van der Waals surface area contributed by atoms with E-state index in [2.05, 4.69) is 9.72 Å². The van der Waals surface area contributed by atoms with Crippen LogP contribution >= 0.6 is 11.3 Å². The van der Waals surface area contributed by atoms with Crippen molar-refractivity contribution in [2.75, 3.05) is 0 Å². The Morgan fingerprint density at radius 1 is 1.37 bits per heavy atom. The van der Waals surface area contributed by atoms with Gasteiger partial charge in [0.2, 0.25) is 0 Å². The van der Waals surface area contributed by atoms with Crippen molar-refractivity contribution in [2.45, 2.75) is 12.8 Å². The van der Waals surface area contributed by atoms with Gasteiger partial charge in [0.05, 0.1) is 11.3 Å². The largest absolute Gasteiger partial charge is 0.461 e. The summed E-state index contributed by atoms with van der Waals surface area (Å²) in [7, 11) is 0. The van der Waals surface area contributed by atoms with E-state index in [-0.39, 0.29) is 6.61 Å². The molecule has 0 aliphatic heterocycles. The van der Waals surface area contributed by atoms with Gasteiger partial charge >= 0.3 is 6.18 Å². The monoisotopic (exact) mass is 287 g/mol. The van der Waals surface area contributed by atoms with Crippen LogP contribution in [0.3, 0.4) is 0 Å². The number of thiazole rings is 1. The van der Waals surface area contributed by atoms with Crippen molar-refractivity contribution in [2.24, 2.45) is 0 Å². The van der Waals surface area contributed by atoms with Crippen LogP contribution in [-0.2, 0) is 22.3 Å². The van der Waals surface area contributed by atoms with Crippen LogP contribution in [0.4, 0.5) is 13.2 Å². The summed E-state index contributed by atoms with van der Waals surface area (Å²) < 4.78 is 42.3. The highest BCUT2D eigenvalue weighted by atomic mass is 32.1. The molecule has 1 aromatic heterocycles. The molecule has 19 heavy (non-hydrogen) atoms. The molecule has 0 N–H and O–H groups in total. The number of benzene rings is 1. The van der Waals surface area contributed by atoms with E-state index in [1.807, 2.05) is 0 Å². The predicted molar refractivity (Wildman–Crippen MR) is 63.4 cm³/mol. The lowest BCUT2D eigenvalue weighted by Crippen LogP contribution is -2.04. The third-order valence-electron chi connectivity index (χ3n) is 2.29. The Kier molecular flexibility index (Phi) is 3.84. The van der Waals surface area contributed by atoms with E-state index >= 15 is 0 Å². The topological polar surface area (TPSA) is 39.2 Å². The van der Waals surface area contributed by atoms with Gasteiger partial charge < -0.3 is 4.74 Å². The van der Waals surface area contributed by atoms with Gasteiger partial charge in [0.25, 0.3) is 6.47 Å². The third kappa shape index (κ3) is 3.31. The second-order valence-electron chi connectivity index (χ2n) is 3.63. The summed E-state index contributed by atoms with van der Waals surface area (Å²) in [6.45, 7) is 0.308. The van der Waals surface area contributed by atoms with Crippen molar-refractivity contribution >= 4 is 17.8 Å². The predicted octanol–water partition coefficient (Wildman–Crippen LogP) is 3.50. The van der Waals surface area contributed by atoms with Gasteiger partial charge in [0.15, 0.2) is 0 Å². The molecule has 7 heteroatoms. The lowest BCUT2D eigenvalue weighted by Gasteiger charge is -2.07. The fourth-order valence-electron chi connectivity index (χ4n) is 1.45. The maximum absolute atomic E-state index is 12.6. The van der Waals surface area contributed by atoms with Crippen LogP contribution in [0.5, 0.6) is 0 Å². The Labute approximate surface area is 110 Å². The minimum Gasteiger partial charge on any atom is -0.461 e. The molecule has 1 aromatic carbocycles. The SMILES string of the molecule is O=COCc1csc(-c2cccc(C(F)(F)F)c2)n1. The number of ether oxygens (including phenoxy) is 1. The maximum Gasteiger partial charge on any atom is 0.416 e. The molecule has 0 unspecified atom stereocenters. The molecule has 2 aromatic rings. The van der Waals surface area contributed by atoms with Crippen molar-refractivity contribution in [1.82, 2.24) is 4.98 Å². The lowest BCUT2D eigenvalue weighted by atomic mass is 10.1. The van der Waals surface area contributed by atoms with E-state index in [0.717, 1.165) is 12.1 Å². The minimum absolute atomic E-state index is 0.0129. The first-order valence-electron chi connectivity index (χ1n) is 5.18. The van der Waals surface area contributed by atoms with Gasteiger partial charge in [-0.3, -0.25) is 4.79 Å². The molecular weight excluding hydrogens is 279 g/mol. The molecule has 0 saturated carbocycles. The van der Waals surface area contributed by atoms with Crippen molar-refractivity contribution in [1.29, 1.82) is 0 Å². The highest BCUT2D eigenvalue weighted by Gasteiger charge is 2.30. The van der Waals surface area contributed by atoms with Crippen molar-refractivity contribution in [3.05, 3.63) is 40.9 Å². The van der Waals surface area contributed by atoms with Crippen LogP contribution in [-0.4, -0.2) is 11.5 Å². The molecule has 3 nitrogen and oxygen atoms in total. The van der Waals surface area contributed by atoms with E-state index in [1.54, 1.807) is 11.4 Å². The minimum atomic E-state index is -4.38. The number of carbonyl (C=O) groups excluding carboxylic acids is 1. The fourth-order valence-corrected chi connectivity index (χ4v) is 2.26. The van der Waals surface area contributed by atoms with Gasteiger partial charge in [-0.05, 0) is 12.1 Å². The summed E-state index contributed by atoms with van der Waals surface area (Å²) >= 11 is 1.20. The number of nitrogens with zero attached hydrogens (tertiary/aromatic N) is 1. The van der Waals surface area contributed by atoms with Gasteiger partial charge in [-0.2, -0.15) is 13.2 Å². The van der Waals surface area contributed by atoms with Crippen LogP contribution in [0.1, 0.15) is 11.3 Å². The number of hydrogen-bond donors (Lipinski definition) is 0. The molecule has 0 bridgehead atoms. The molecule has 0 aliphatic carbocycles. The van der Waals surface area contributed by atoms with E-state index in [0.29, 0.717) is 22.7 Å². The van der Waals surface area contributed by atoms with Crippen LogP contribution in [0, 0.1) is 0 Å². The number of aromatic nitrogens is 1. The summed E-state index contributed by atoms with van der Waals surface area (Å²) in [6.07, 6.45) is -4.38. The molecule has 0 fully saturated rings. The van der Waals surface area contributed by atoms with Crippen molar-refractivity contribution in [3.63, 3.8) is 0 Å². The molecule has 0 amide bonds. The van der Waals surface area contributed by atoms with Gasteiger partial charge in [-0.1, -0.05) is 12.1 Å². The zero-order chi connectivity index (χ0) is 13.9. The second kappa shape index (κ2) is 5.40. The number of rotatable bonds is 4. The molecule has 0 aliphatic rings. The quantitative estimate of drug-likeness (QED) is 0.808. The molecule has 0 radical (unpaired) electrons. The summed E-state index contributed by atoms with van der Waals surface area (Å²) in [5.41, 5.74) is 0.174. The Bertz CT molecular complexity index is 580. The van der Waals surface area contributed by atoms with E-state index < -0.39 is 11.7 Å². The van der Waals surface area contributed by atoms with Gasteiger partial charge in [-0.25, -0.2) is 4.98 Å². The first-order chi connectivity index (χ1) is 9.00. The molecule has 100 valence electrons. The van der Waals surface area contributed by atoms with E-state index in [1.165, 1.54) is 17.4 Å². The Balaban J connectivity index is 2.26. The number of hydrogen-bond acceptors (Lipinski definition) is 4. The normalized spacial score (nSPS) is 11.3. The molecule has 1 heterocycles. The van der Waals surface area contributed by atoms with Crippen LogP contribution in [0.2, 0.25) is 0 Å². The Morgan fingerprint density at radius 3 is 2.84 bits per heavy atom. The highest BCUT2D eigenvalue weighted by Crippen LogP contribution is 2.33. The summed E-state index contributed by atoms with van der Waals surface area (Å²) in [5, 5.41) is 2.09. The smallest absolute Gasteiger partial charge is 0.416 e. The maximum atomic E-state index is 12.6. The number of halogens is 3. The summed E-state index contributed by atoms with van der Waals surface area (Å²) in [6, 6.07) is 4.94. The fraction of sp³-hybridized carbons (Fsp3) is 0.167. The molecule has 0 saturated heterocycles. The van der Waals surface area contributed by atoms with Crippen LogP contribution in [0.15, 0.2) is 29.6 Å². The van der Waals surface area contributed by atoms with Gasteiger partial charge in [0.1, 0.15) is 11.6 Å². The van der Waals surface area contributed by atoms with Crippen LogP contribution in [0.25, 0.3) is 10.6 Å². The Morgan fingerprint density at radius 2 is 2.16 bits per heavy atom. The van der Waals surface area contributed by atoms with Gasteiger partial charge in [-0.15, -0.1) is 11.3 Å². The molecular formula is C12H8F3NO2S. The first-order valence-corrected chi connectivity index (χ1v) is 6.06. The zero-order valence-corrected chi connectivity index (χ0v) is 10.3. The van der Waals surface area contributed by atoms with E-state index in [4.69, 9.17) is 0 Å². The summed E-state index contributed by atoms with van der Waals surface area (Å²) in [5.74, 6) is 0. The molecule has 0 atom stereocenters. The summed E-state index contributed by atoms with van der Waals surface area (Å²) in [4.78, 5) is 14.1. The van der Waals surface area contributed by atoms with Crippen LogP contribution < -0.4 is 0 Å². The van der Waals surface area contributed by atoms with Crippen molar-refractivity contribution < 1.29 is 22.7 Å². The third-order valence-corrected chi connectivity index (χ3v) is 3.23. The average Bonchev–Trinajstić information content (AvgIpc) is 2.84. The van der Waals surface area contributed by atoms with Gasteiger partial charge in [0, 0.05) is 10.9 Å².